The third-order valence-electron chi connectivity index (χ3n) is 1.94. The average molecular weight is 214 g/mol. The van der Waals surface area contributed by atoms with E-state index in [-0.39, 0.29) is 29.4 Å². The fraction of sp³-hybridized carbons (Fsp3) is 0.636. The molecule has 0 atom stereocenters. The molecule has 0 rings (SSSR count). The van der Waals surface area contributed by atoms with Gasteiger partial charge in [-0.1, -0.05) is 27.7 Å². The van der Waals surface area contributed by atoms with Gasteiger partial charge in [-0.2, -0.15) is 0 Å². The number of hydrogen-bond acceptors (Lipinski definition) is 2. The van der Waals surface area contributed by atoms with E-state index in [9.17, 15) is 9.59 Å². The van der Waals surface area contributed by atoms with Crippen LogP contribution in [0.25, 0.3) is 0 Å². The number of aliphatic carboxylic acids is 2. The smallest absolute Gasteiger partial charge is 0.332 e. The van der Waals surface area contributed by atoms with Crippen LogP contribution < -0.4 is 0 Å². The second-order valence-electron chi connectivity index (χ2n) is 4.66. The van der Waals surface area contributed by atoms with Crippen molar-refractivity contribution in [2.75, 3.05) is 0 Å². The lowest BCUT2D eigenvalue weighted by atomic mass is 9.85. The minimum atomic E-state index is -1.14. The molecule has 0 aliphatic heterocycles. The summed E-state index contributed by atoms with van der Waals surface area (Å²) in [4.78, 5) is 21.8. The third-order valence-corrected chi connectivity index (χ3v) is 1.94. The van der Waals surface area contributed by atoms with Crippen molar-refractivity contribution in [2.24, 2.45) is 5.41 Å². The summed E-state index contributed by atoms with van der Waals surface area (Å²) in [5, 5.41) is 17.8. The zero-order valence-electron chi connectivity index (χ0n) is 9.63. The first kappa shape index (κ1) is 13.7. The van der Waals surface area contributed by atoms with E-state index in [0.29, 0.717) is 0 Å². The van der Waals surface area contributed by atoms with Gasteiger partial charge >= 0.3 is 11.9 Å². The molecule has 0 spiro atoms. The molecular weight excluding hydrogens is 196 g/mol. The highest BCUT2D eigenvalue weighted by Crippen LogP contribution is 2.27. The number of rotatable bonds is 4. The molecule has 2 N–H and O–H groups in total. The highest BCUT2D eigenvalue weighted by Gasteiger charge is 2.23. The molecular formula is C11H18O4. The van der Waals surface area contributed by atoms with Gasteiger partial charge in [0, 0.05) is 11.1 Å². The minimum Gasteiger partial charge on any atom is -0.478 e. The maximum atomic E-state index is 11.0. The number of carbonyl (C=O) groups is 2. The van der Waals surface area contributed by atoms with Gasteiger partial charge in [-0.15, -0.1) is 0 Å². The van der Waals surface area contributed by atoms with Gasteiger partial charge in [-0.05, 0) is 18.3 Å². The van der Waals surface area contributed by atoms with Crippen molar-refractivity contribution in [1.29, 1.82) is 0 Å². The molecule has 0 amide bonds. The maximum Gasteiger partial charge on any atom is 0.332 e. The molecule has 4 heteroatoms. The highest BCUT2D eigenvalue weighted by atomic mass is 16.4. The Hall–Kier alpha value is -1.32. The molecule has 0 aliphatic carbocycles. The van der Waals surface area contributed by atoms with Crippen LogP contribution in [0, 0.1) is 5.41 Å². The fourth-order valence-corrected chi connectivity index (χ4v) is 1.34. The lowest BCUT2D eigenvalue weighted by Gasteiger charge is -2.19. The molecule has 0 saturated heterocycles. The summed E-state index contributed by atoms with van der Waals surface area (Å²) in [6.07, 6.45) is 0.491. The Kier molecular flexibility index (Phi) is 4.52. The summed E-state index contributed by atoms with van der Waals surface area (Å²) in [5.41, 5.74) is -0.223. The van der Waals surface area contributed by atoms with Crippen LogP contribution in [-0.4, -0.2) is 22.2 Å². The standard InChI is InChI=1S/C11H18O4/c1-5-7(9(12)13)8(10(14)15)6-11(2,3)4/h5-6H2,1-4H3,(H,12,13)(H,14,15)/b8-7-. The molecule has 86 valence electrons. The van der Waals surface area contributed by atoms with Crippen LogP contribution in [0.15, 0.2) is 11.1 Å². The molecule has 0 aliphatic rings. The Morgan fingerprint density at radius 3 is 1.60 bits per heavy atom. The van der Waals surface area contributed by atoms with Gasteiger partial charge in [-0.3, -0.25) is 0 Å². The summed E-state index contributed by atoms with van der Waals surface area (Å²) in [6, 6.07) is 0. The van der Waals surface area contributed by atoms with Crippen LogP contribution in [0.3, 0.4) is 0 Å². The molecule has 15 heavy (non-hydrogen) atoms. The normalized spacial score (nSPS) is 13.3. The summed E-state index contributed by atoms with van der Waals surface area (Å²) >= 11 is 0. The lowest BCUT2D eigenvalue weighted by molar-refractivity contribution is -0.136. The second kappa shape index (κ2) is 4.96. The molecule has 0 unspecified atom stereocenters. The molecule has 0 radical (unpaired) electrons. The van der Waals surface area contributed by atoms with Crippen LogP contribution in [0.2, 0.25) is 0 Å². The van der Waals surface area contributed by atoms with Crippen molar-refractivity contribution in [1.82, 2.24) is 0 Å². The predicted octanol–water partition coefficient (Wildman–Crippen LogP) is 2.30. The Balaban J connectivity index is 5.27. The van der Waals surface area contributed by atoms with Crippen molar-refractivity contribution >= 4 is 11.9 Å². The van der Waals surface area contributed by atoms with Crippen LogP contribution in [0.5, 0.6) is 0 Å². The summed E-state index contributed by atoms with van der Waals surface area (Å²) in [7, 11) is 0. The van der Waals surface area contributed by atoms with Gasteiger partial charge < -0.3 is 10.2 Å². The molecule has 0 aromatic carbocycles. The summed E-state index contributed by atoms with van der Waals surface area (Å²) in [5.74, 6) is -2.27. The molecule has 0 saturated carbocycles. The fourth-order valence-electron chi connectivity index (χ4n) is 1.34. The van der Waals surface area contributed by atoms with E-state index in [2.05, 4.69) is 0 Å². The van der Waals surface area contributed by atoms with E-state index in [1.807, 2.05) is 20.8 Å². The van der Waals surface area contributed by atoms with Crippen LogP contribution in [-0.2, 0) is 9.59 Å². The molecule has 0 heterocycles. The molecule has 4 nitrogen and oxygen atoms in total. The first-order valence-corrected chi connectivity index (χ1v) is 4.87. The van der Waals surface area contributed by atoms with Crippen molar-refractivity contribution in [3.8, 4) is 0 Å². The van der Waals surface area contributed by atoms with E-state index in [4.69, 9.17) is 10.2 Å². The topological polar surface area (TPSA) is 74.6 Å². The predicted molar refractivity (Wildman–Crippen MR) is 56.7 cm³/mol. The van der Waals surface area contributed by atoms with E-state index < -0.39 is 11.9 Å². The molecule has 0 aromatic heterocycles. The summed E-state index contributed by atoms with van der Waals surface area (Å²) < 4.78 is 0. The van der Waals surface area contributed by atoms with E-state index in [1.54, 1.807) is 6.92 Å². The lowest BCUT2D eigenvalue weighted by Crippen LogP contribution is -2.17. The largest absolute Gasteiger partial charge is 0.478 e. The van der Waals surface area contributed by atoms with Crippen molar-refractivity contribution in [2.45, 2.75) is 40.5 Å². The Morgan fingerprint density at radius 2 is 1.40 bits per heavy atom. The average Bonchev–Trinajstić information content (AvgIpc) is 2.00. The Labute approximate surface area is 89.6 Å². The van der Waals surface area contributed by atoms with E-state index in [1.165, 1.54) is 0 Å². The number of carboxylic acids is 2. The van der Waals surface area contributed by atoms with E-state index >= 15 is 0 Å². The quantitative estimate of drug-likeness (QED) is 0.704. The van der Waals surface area contributed by atoms with Crippen molar-refractivity contribution in [3.63, 3.8) is 0 Å². The van der Waals surface area contributed by atoms with Crippen molar-refractivity contribution in [3.05, 3.63) is 11.1 Å². The van der Waals surface area contributed by atoms with Crippen LogP contribution >= 0.6 is 0 Å². The van der Waals surface area contributed by atoms with Gasteiger partial charge in [0.05, 0.1) is 0 Å². The van der Waals surface area contributed by atoms with Gasteiger partial charge in [0.2, 0.25) is 0 Å². The first-order chi connectivity index (χ1) is 6.69. The Bertz CT molecular complexity index is 294. The zero-order chi connectivity index (χ0) is 12.2. The van der Waals surface area contributed by atoms with Gasteiger partial charge in [0.25, 0.3) is 0 Å². The SMILES string of the molecule is CC/C(C(=O)O)=C(\CC(C)(C)C)C(=O)O. The van der Waals surface area contributed by atoms with Crippen LogP contribution in [0.4, 0.5) is 0 Å². The number of hydrogen-bond donors (Lipinski definition) is 2. The molecule has 0 bridgehead atoms. The van der Waals surface area contributed by atoms with Gasteiger partial charge in [0.1, 0.15) is 0 Å². The number of carboxylic acid groups (broad SMARTS) is 2. The third kappa shape index (κ3) is 4.63. The van der Waals surface area contributed by atoms with Gasteiger partial charge in [-0.25, -0.2) is 9.59 Å². The zero-order valence-corrected chi connectivity index (χ0v) is 9.63. The van der Waals surface area contributed by atoms with Gasteiger partial charge in [0.15, 0.2) is 0 Å². The highest BCUT2D eigenvalue weighted by molar-refractivity contribution is 5.98. The Morgan fingerprint density at radius 1 is 1.00 bits per heavy atom. The molecule has 0 aromatic rings. The first-order valence-electron chi connectivity index (χ1n) is 4.87. The minimum absolute atomic E-state index is 0.00238. The van der Waals surface area contributed by atoms with Crippen LogP contribution in [0.1, 0.15) is 40.5 Å². The maximum absolute atomic E-state index is 11.0. The van der Waals surface area contributed by atoms with Crippen molar-refractivity contribution < 1.29 is 19.8 Å². The van der Waals surface area contributed by atoms with E-state index in [0.717, 1.165) is 0 Å². The molecule has 0 fully saturated rings. The summed E-state index contributed by atoms with van der Waals surface area (Å²) in [6.45, 7) is 7.29. The monoisotopic (exact) mass is 214 g/mol. The second-order valence-corrected chi connectivity index (χ2v) is 4.66.